The first-order valence-electron chi connectivity index (χ1n) is 4.75. The monoisotopic (exact) mass is 234 g/mol. The van der Waals surface area contributed by atoms with Crippen molar-refractivity contribution in [3.63, 3.8) is 0 Å². The summed E-state index contributed by atoms with van der Waals surface area (Å²) in [5, 5.41) is 21.8. The summed E-state index contributed by atoms with van der Waals surface area (Å²) in [5.74, 6) is -1.29. The summed E-state index contributed by atoms with van der Waals surface area (Å²) in [5.41, 5.74) is -0.532. The molecule has 0 unspecified atom stereocenters. The second-order valence-electron chi connectivity index (χ2n) is 3.86. The van der Waals surface area contributed by atoms with Gasteiger partial charge in [-0.1, -0.05) is 0 Å². The summed E-state index contributed by atoms with van der Waals surface area (Å²) in [7, 11) is 1.51. The van der Waals surface area contributed by atoms with E-state index in [1.54, 1.807) is 13.8 Å². The molecule has 0 aromatic rings. The van der Waals surface area contributed by atoms with Crippen molar-refractivity contribution in [2.24, 2.45) is 0 Å². The first-order valence-corrected chi connectivity index (χ1v) is 4.75. The van der Waals surface area contributed by atoms with Gasteiger partial charge in [0.15, 0.2) is 6.04 Å². The lowest BCUT2D eigenvalue weighted by molar-refractivity contribution is -0.140. The van der Waals surface area contributed by atoms with Crippen LogP contribution in [0.2, 0.25) is 0 Å². The molecule has 0 bridgehead atoms. The normalized spacial score (nSPS) is 13.0. The highest BCUT2D eigenvalue weighted by molar-refractivity contribution is 5.82. The number of carboxylic acid groups (broad SMARTS) is 1. The molecule has 0 saturated heterocycles. The van der Waals surface area contributed by atoms with E-state index in [4.69, 9.17) is 14.9 Å². The fraction of sp³-hybridized carbons (Fsp3) is 0.778. The van der Waals surface area contributed by atoms with Crippen LogP contribution in [0.15, 0.2) is 0 Å². The Balaban J connectivity index is 4.04. The van der Waals surface area contributed by atoms with E-state index in [2.05, 4.69) is 10.6 Å². The summed E-state index contributed by atoms with van der Waals surface area (Å²) >= 11 is 0. The summed E-state index contributed by atoms with van der Waals surface area (Å²) in [6.07, 6.45) is 0. The molecular weight excluding hydrogens is 216 g/mol. The third-order valence-electron chi connectivity index (χ3n) is 2.01. The molecule has 16 heavy (non-hydrogen) atoms. The van der Waals surface area contributed by atoms with Gasteiger partial charge in [0.1, 0.15) is 0 Å². The van der Waals surface area contributed by atoms with Crippen molar-refractivity contribution >= 4 is 12.0 Å². The maximum Gasteiger partial charge on any atom is 0.328 e. The van der Waals surface area contributed by atoms with Crippen LogP contribution in [-0.2, 0) is 9.53 Å². The molecule has 0 aliphatic rings. The van der Waals surface area contributed by atoms with Crippen LogP contribution in [0.25, 0.3) is 0 Å². The number of aliphatic hydroxyl groups is 1. The molecule has 0 aliphatic heterocycles. The molecule has 1 atom stereocenters. The van der Waals surface area contributed by atoms with Gasteiger partial charge in [0.25, 0.3) is 0 Å². The Hall–Kier alpha value is -1.34. The lowest BCUT2D eigenvalue weighted by Gasteiger charge is -2.23. The smallest absolute Gasteiger partial charge is 0.328 e. The average molecular weight is 234 g/mol. The van der Waals surface area contributed by atoms with Gasteiger partial charge in [-0.3, -0.25) is 0 Å². The lowest BCUT2D eigenvalue weighted by Crippen LogP contribution is -2.50. The maximum atomic E-state index is 11.2. The van der Waals surface area contributed by atoms with E-state index in [0.717, 1.165) is 0 Å². The number of carbonyl (C=O) groups is 2. The molecule has 0 fully saturated rings. The van der Waals surface area contributed by atoms with Crippen LogP contribution >= 0.6 is 0 Å². The highest BCUT2D eigenvalue weighted by Gasteiger charge is 2.21. The molecule has 0 aliphatic carbocycles. The Kier molecular flexibility index (Phi) is 5.76. The van der Waals surface area contributed by atoms with Gasteiger partial charge in [-0.25, -0.2) is 9.59 Å². The van der Waals surface area contributed by atoms with Gasteiger partial charge in [0, 0.05) is 13.7 Å². The van der Waals surface area contributed by atoms with Gasteiger partial charge >= 0.3 is 12.0 Å². The predicted molar refractivity (Wildman–Crippen MR) is 56.1 cm³/mol. The van der Waals surface area contributed by atoms with Gasteiger partial charge in [0.2, 0.25) is 0 Å². The Morgan fingerprint density at radius 1 is 1.44 bits per heavy atom. The van der Waals surface area contributed by atoms with Crippen molar-refractivity contribution in [1.29, 1.82) is 0 Å². The zero-order valence-corrected chi connectivity index (χ0v) is 9.61. The standard InChI is InChI=1S/C9H18N2O5/c1-9(2,16-3)5-10-8(15)11-6(4-12)7(13)14/h6,12H,4-5H2,1-3H3,(H,13,14)(H2,10,11,15)/t6-/m0/s1. The number of aliphatic hydroxyl groups excluding tert-OH is 1. The Bertz CT molecular complexity index is 254. The van der Waals surface area contributed by atoms with Crippen LogP contribution in [-0.4, -0.2) is 54.1 Å². The van der Waals surface area contributed by atoms with E-state index < -0.39 is 30.3 Å². The van der Waals surface area contributed by atoms with Crippen LogP contribution < -0.4 is 10.6 Å². The molecule has 7 heteroatoms. The van der Waals surface area contributed by atoms with E-state index in [1.165, 1.54) is 7.11 Å². The Morgan fingerprint density at radius 2 is 2.00 bits per heavy atom. The van der Waals surface area contributed by atoms with E-state index in [-0.39, 0.29) is 6.54 Å². The van der Waals surface area contributed by atoms with Crippen molar-refractivity contribution in [3.8, 4) is 0 Å². The molecule has 7 nitrogen and oxygen atoms in total. The van der Waals surface area contributed by atoms with Crippen LogP contribution in [0.1, 0.15) is 13.8 Å². The third kappa shape index (κ3) is 5.52. The Morgan fingerprint density at radius 3 is 2.38 bits per heavy atom. The zero-order chi connectivity index (χ0) is 12.8. The molecule has 94 valence electrons. The minimum Gasteiger partial charge on any atom is -0.480 e. The highest BCUT2D eigenvalue weighted by atomic mass is 16.5. The quantitative estimate of drug-likeness (QED) is 0.479. The van der Waals surface area contributed by atoms with Crippen LogP contribution in [0.4, 0.5) is 4.79 Å². The van der Waals surface area contributed by atoms with Gasteiger partial charge in [-0.2, -0.15) is 0 Å². The second-order valence-corrected chi connectivity index (χ2v) is 3.86. The second kappa shape index (κ2) is 6.29. The van der Waals surface area contributed by atoms with E-state index >= 15 is 0 Å². The summed E-state index contributed by atoms with van der Waals surface area (Å²) in [6, 6.07) is -1.96. The van der Waals surface area contributed by atoms with E-state index in [0.29, 0.717) is 0 Å². The molecular formula is C9H18N2O5. The van der Waals surface area contributed by atoms with Crippen molar-refractivity contribution < 1.29 is 24.5 Å². The number of ether oxygens (including phenoxy) is 1. The SMILES string of the molecule is COC(C)(C)CNC(=O)N[C@@H](CO)C(=O)O. The average Bonchev–Trinajstić information content (AvgIpc) is 2.22. The van der Waals surface area contributed by atoms with Crippen LogP contribution in [0.3, 0.4) is 0 Å². The number of carbonyl (C=O) groups excluding carboxylic acids is 1. The molecule has 0 aromatic carbocycles. The number of nitrogens with one attached hydrogen (secondary N) is 2. The van der Waals surface area contributed by atoms with E-state index in [1.807, 2.05) is 0 Å². The largest absolute Gasteiger partial charge is 0.480 e. The van der Waals surface area contributed by atoms with Crippen LogP contribution in [0, 0.1) is 0 Å². The number of methoxy groups -OCH3 is 1. The van der Waals surface area contributed by atoms with Gasteiger partial charge in [0.05, 0.1) is 12.2 Å². The maximum absolute atomic E-state index is 11.2. The minimum atomic E-state index is -1.30. The fourth-order valence-corrected chi connectivity index (χ4v) is 0.760. The van der Waals surface area contributed by atoms with Crippen molar-refractivity contribution in [2.75, 3.05) is 20.3 Å². The number of hydrogen-bond donors (Lipinski definition) is 4. The number of hydrogen-bond acceptors (Lipinski definition) is 4. The molecule has 0 heterocycles. The molecule has 0 radical (unpaired) electrons. The number of aliphatic carboxylic acids is 1. The number of rotatable bonds is 6. The fourth-order valence-electron chi connectivity index (χ4n) is 0.760. The molecule has 0 saturated carbocycles. The molecule has 0 rings (SSSR count). The Labute approximate surface area is 93.8 Å². The first-order chi connectivity index (χ1) is 7.32. The van der Waals surface area contributed by atoms with Gasteiger partial charge in [-0.05, 0) is 13.8 Å². The van der Waals surface area contributed by atoms with Crippen molar-refractivity contribution in [3.05, 3.63) is 0 Å². The summed E-state index contributed by atoms with van der Waals surface area (Å²) in [4.78, 5) is 21.7. The lowest BCUT2D eigenvalue weighted by atomic mass is 10.1. The molecule has 2 amide bonds. The third-order valence-corrected chi connectivity index (χ3v) is 2.01. The minimum absolute atomic E-state index is 0.229. The molecule has 0 aromatic heterocycles. The van der Waals surface area contributed by atoms with Gasteiger partial charge in [-0.15, -0.1) is 0 Å². The number of amides is 2. The van der Waals surface area contributed by atoms with E-state index in [9.17, 15) is 9.59 Å². The molecule has 0 spiro atoms. The van der Waals surface area contributed by atoms with Gasteiger partial charge < -0.3 is 25.6 Å². The molecule has 4 N–H and O–H groups in total. The zero-order valence-electron chi connectivity index (χ0n) is 9.61. The topological polar surface area (TPSA) is 108 Å². The first kappa shape index (κ1) is 14.7. The highest BCUT2D eigenvalue weighted by Crippen LogP contribution is 2.04. The number of carboxylic acids is 1. The summed E-state index contributed by atoms with van der Waals surface area (Å²) in [6.45, 7) is 3.12. The van der Waals surface area contributed by atoms with Crippen LogP contribution in [0.5, 0.6) is 0 Å². The summed E-state index contributed by atoms with van der Waals surface area (Å²) < 4.78 is 5.06. The van der Waals surface area contributed by atoms with Crippen molar-refractivity contribution in [1.82, 2.24) is 10.6 Å². The predicted octanol–water partition coefficient (Wildman–Crippen LogP) is -0.844. The number of urea groups is 1. The van der Waals surface area contributed by atoms with Crippen molar-refractivity contribution in [2.45, 2.75) is 25.5 Å².